The SMILES string of the molecule is NS(=O)(=O)c1ccc(NCc2cc3c(s2)CCC3)cc1. The molecule has 20 heavy (non-hydrogen) atoms. The van der Waals surface area contributed by atoms with Gasteiger partial charge in [0.05, 0.1) is 4.90 Å². The summed E-state index contributed by atoms with van der Waals surface area (Å²) in [5.41, 5.74) is 2.39. The van der Waals surface area contributed by atoms with Crippen LogP contribution in [0.4, 0.5) is 5.69 Å². The number of sulfonamides is 1. The molecule has 2 aromatic rings. The maximum atomic E-state index is 11.2. The second-order valence-electron chi connectivity index (χ2n) is 4.94. The van der Waals surface area contributed by atoms with Gasteiger partial charge in [-0.05, 0) is 55.2 Å². The highest BCUT2D eigenvalue weighted by Gasteiger charge is 2.14. The molecule has 3 rings (SSSR count). The lowest BCUT2D eigenvalue weighted by molar-refractivity contribution is 0.598. The Morgan fingerprint density at radius 1 is 1.20 bits per heavy atom. The van der Waals surface area contributed by atoms with Gasteiger partial charge in [-0.3, -0.25) is 0 Å². The van der Waals surface area contributed by atoms with Crippen molar-refractivity contribution in [2.45, 2.75) is 30.7 Å². The van der Waals surface area contributed by atoms with Crippen molar-refractivity contribution < 1.29 is 8.42 Å². The lowest BCUT2D eigenvalue weighted by Gasteiger charge is -2.05. The molecule has 1 aromatic heterocycles. The second-order valence-corrected chi connectivity index (χ2v) is 7.72. The first-order chi connectivity index (χ1) is 9.52. The van der Waals surface area contributed by atoms with Crippen molar-refractivity contribution in [3.63, 3.8) is 0 Å². The van der Waals surface area contributed by atoms with Crippen LogP contribution in [0.2, 0.25) is 0 Å². The maximum Gasteiger partial charge on any atom is 0.238 e. The average molecular weight is 308 g/mol. The summed E-state index contributed by atoms with van der Waals surface area (Å²) < 4.78 is 22.3. The molecular weight excluding hydrogens is 292 g/mol. The third-order valence-electron chi connectivity index (χ3n) is 3.45. The number of primary sulfonamides is 1. The third kappa shape index (κ3) is 2.87. The summed E-state index contributed by atoms with van der Waals surface area (Å²) >= 11 is 1.87. The molecule has 6 heteroatoms. The van der Waals surface area contributed by atoms with Gasteiger partial charge in [0.1, 0.15) is 0 Å². The molecule has 106 valence electrons. The molecule has 1 aliphatic rings. The van der Waals surface area contributed by atoms with Crippen LogP contribution < -0.4 is 10.5 Å². The molecule has 0 saturated carbocycles. The third-order valence-corrected chi connectivity index (χ3v) is 5.61. The predicted molar refractivity (Wildman–Crippen MR) is 81.5 cm³/mol. The van der Waals surface area contributed by atoms with Gasteiger partial charge < -0.3 is 5.32 Å². The van der Waals surface area contributed by atoms with Crippen LogP contribution in [-0.2, 0) is 29.4 Å². The molecule has 4 nitrogen and oxygen atoms in total. The highest BCUT2D eigenvalue weighted by Crippen LogP contribution is 2.30. The summed E-state index contributed by atoms with van der Waals surface area (Å²) in [6, 6.07) is 8.79. The Kier molecular flexibility index (Phi) is 3.54. The molecule has 0 atom stereocenters. The average Bonchev–Trinajstić information content (AvgIpc) is 2.96. The van der Waals surface area contributed by atoms with E-state index in [-0.39, 0.29) is 4.90 Å². The summed E-state index contributed by atoms with van der Waals surface area (Å²) in [6.45, 7) is 0.770. The molecule has 0 radical (unpaired) electrons. The molecule has 0 bridgehead atoms. The normalized spacial score (nSPS) is 14.2. The van der Waals surface area contributed by atoms with Gasteiger partial charge in [0.2, 0.25) is 10.0 Å². The highest BCUT2D eigenvalue weighted by atomic mass is 32.2. The van der Waals surface area contributed by atoms with Crippen LogP contribution in [0.25, 0.3) is 0 Å². The Bertz CT molecular complexity index is 697. The summed E-state index contributed by atoms with van der Waals surface area (Å²) in [7, 11) is -3.61. The first-order valence-electron chi connectivity index (χ1n) is 6.49. The molecular formula is C14H16N2O2S2. The summed E-state index contributed by atoms with van der Waals surface area (Å²) in [5.74, 6) is 0. The van der Waals surface area contributed by atoms with E-state index in [9.17, 15) is 8.42 Å². The molecule has 0 fully saturated rings. The maximum absolute atomic E-state index is 11.2. The lowest BCUT2D eigenvalue weighted by Crippen LogP contribution is -2.11. The molecule has 3 N–H and O–H groups in total. The number of thiophene rings is 1. The minimum atomic E-state index is -3.61. The van der Waals surface area contributed by atoms with Gasteiger partial charge in [-0.2, -0.15) is 0 Å². The fourth-order valence-corrected chi connectivity index (χ4v) is 4.15. The Balaban J connectivity index is 1.66. The second kappa shape index (κ2) is 5.20. The quantitative estimate of drug-likeness (QED) is 0.911. The Labute approximate surface area is 122 Å². The number of fused-ring (bicyclic) bond motifs is 1. The number of aryl methyl sites for hydroxylation is 2. The summed E-state index contributed by atoms with van der Waals surface area (Å²) in [5, 5.41) is 8.37. The smallest absolute Gasteiger partial charge is 0.238 e. The monoisotopic (exact) mass is 308 g/mol. The number of benzene rings is 1. The molecule has 0 unspecified atom stereocenters. The Hall–Kier alpha value is -1.37. The molecule has 0 spiro atoms. The van der Waals surface area contributed by atoms with Gasteiger partial charge in [-0.1, -0.05) is 0 Å². The van der Waals surface area contributed by atoms with Crippen molar-refractivity contribution in [2.24, 2.45) is 5.14 Å². The van der Waals surface area contributed by atoms with E-state index in [4.69, 9.17) is 5.14 Å². The van der Waals surface area contributed by atoms with Gasteiger partial charge in [-0.25, -0.2) is 13.6 Å². The summed E-state index contributed by atoms with van der Waals surface area (Å²) in [4.78, 5) is 2.98. The van der Waals surface area contributed by atoms with E-state index in [1.807, 2.05) is 11.3 Å². The zero-order valence-corrected chi connectivity index (χ0v) is 12.6. The van der Waals surface area contributed by atoms with E-state index < -0.39 is 10.0 Å². The van der Waals surface area contributed by atoms with E-state index in [0.717, 1.165) is 12.2 Å². The standard InChI is InChI=1S/C14H16N2O2S2/c15-20(17,18)13-6-4-11(5-7-13)16-9-12-8-10-2-1-3-14(10)19-12/h4-8,16H,1-3,9H2,(H2,15,17,18). The van der Waals surface area contributed by atoms with Crippen LogP contribution >= 0.6 is 11.3 Å². The number of hydrogen-bond donors (Lipinski definition) is 2. The van der Waals surface area contributed by atoms with Gasteiger partial charge >= 0.3 is 0 Å². The highest BCUT2D eigenvalue weighted by molar-refractivity contribution is 7.89. The van der Waals surface area contributed by atoms with E-state index in [2.05, 4.69) is 11.4 Å². The fraction of sp³-hybridized carbons (Fsp3) is 0.286. The van der Waals surface area contributed by atoms with Crippen molar-refractivity contribution >= 4 is 27.0 Å². The van der Waals surface area contributed by atoms with Crippen molar-refractivity contribution in [2.75, 3.05) is 5.32 Å². The lowest BCUT2D eigenvalue weighted by atomic mass is 10.2. The summed E-state index contributed by atoms with van der Waals surface area (Å²) in [6.07, 6.45) is 3.70. The van der Waals surface area contributed by atoms with E-state index in [1.165, 1.54) is 46.7 Å². The molecule has 0 aliphatic heterocycles. The van der Waals surface area contributed by atoms with Gasteiger partial charge in [0.15, 0.2) is 0 Å². The van der Waals surface area contributed by atoms with Crippen molar-refractivity contribution in [3.8, 4) is 0 Å². The Morgan fingerprint density at radius 3 is 2.60 bits per heavy atom. The van der Waals surface area contributed by atoms with Crippen molar-refractivity contribution in [1.29, 1.82) is 0 Å². The number of hydrogen-bond acceptors (Lipinski definition) is 4. The first kappa shape index (κ1) is 13.6. The van der Waals surface area contributed by atoms with Gasteiger partial charge in [-0.15, -0.1) is 11.3 Å². The predicted octanol–water partition coefficient (Wildman–Crippen LogP) is 2.50. The van der Waals surface area contributed by atoms with E-state index in [0.29, 0.717) is 0 Å². The van der Waals surface area contributed by atoms with Gasteiger partial charge in [0.25, 0.3) is 0 Å². The van der Waals surface area contributed by atoms with Crippen LogP contribution in [0.3, 0.4) is 0 Å². The van der Waals surface area contributed by atoms with Crippen LogP contribution in [0.5, 0.6) is 0 Å². The van der Waals surface area contributed by atoms with Crippen LogP contribution in [0, 0.1) is 0 Å². The molecule has 1 aliphatic carbocycles. The van der Waals surface area contributed by atoms with E-state index in [1.54, 1.807) is 12.1 Å². The molecule has 1 heterocycles. The minimum Gasteiger partial charge on any atom is -0.380 e. The molecule has 0 saturated heterocycles. The van der Waals surface area contributed by atoms with Gasteiger partial charge in [0, 0.05) is 22.0 Å². The molecule has 1 aromatic carbocycles. The molecule has 0 amide bonds. The Morgan fingerprint density at radius 2 is 1.95 bits per heavy atom. The van der Waals surface area contributed by atoms with Crippen LogP contribution in [0.15, 0.2) is 35.2 Å². The van der Waals surface area contributed by atoms with Crippen LogP contribution in [0.1, 0.15) is 21.7 Å². The topological polar surface area (TPSA) is 72.2 Å². The number of rotatable bonds is 4. The number of nitrogens with two attached hydrogens (primary N) is 1. The number of anilines is 1. The van der Waals surface area contributed by atoms with Crippen molar-refractivity contribution in [1.82, 2.24) is 0 Å². The zero-order valence-electron chi connectivity index (χ0n) is 10.9. The first-order valence-corrected chi connectivity index (χ1v) is 8.86. The van der Waals surface area contributed by atoms with Crippen molar-refractivity contribution in [3.05, 3.63) is 45.6 Å². The zero-order chi connectivity index (χ0) is 14.2. The minimum absolute atomic E-state index is 0.137. The number of nitrogens with one attached hydrogen (secondary N) is 1. The fourth-order valence-electron chi connectivity index (χ4n) is 2.43. The largest absolute Gasteiger partial charge is 0.380 e. The van der Waals surface area contributed by atoms with E-state index >= 15 is 0 Å². The van der Waals surface area contributed by atoms with Crippen LogP contribution in [-0.4, -0.2) is 8.42 Å².